The van der Waals surface area contributed by atoms with E-state index in [0.29, 0.717) is 18.0 Å². The van der Waals surface area contributed by atoms with E-state index in [4.69, 9.17) is 4.74 Å². The van der Waals surface area contributed by atoms with Gasteiger partial charge in [0.25, 0.3) is 0 Å². The van der Waals surface area contributed by atoms with Crippen LogP contribution in [0.5, 0.6) is 0 Å². The van der Waals surface area contributed by atoms with Crippen molar-refractivity contribution in [3.63, 3.8) is 0 Å². The highest BCUT2D eigenvalue weighted by Crippen LogP contribution is 2.19. The molecular formula is C13H12FN3O2S. The van der Waals surface area contributed by atoms with Crippen LogP contribution in [0.15, 0.2) is 35.6 Å². The molecule has 0 atom stereocenters. The van der Waals surface area contributed by atoms with Crippen molar-refractivity contribution in [3.8, 4) is 11.4 Å². The molecule has 0 bridgehead atoms. The number of ether oxygens (including phenoxy) is 1. The second-order valence-corrected chi connectivity index (χ2v) is 4.61. The molecule has 0 aliphatic rings. The number of aromatic nitrogens is 3. The number of carbonyl (C=O) groups is 1. The van der Waals surface area contributed by atoms with E-state index >= 15 is 0 Å². The second kappa shape index (κ2) is 6.95. The van der Waals surface area contributed by atoms with Gasteiger partial charge < -0.3 is 4.74 Å². The third-order valence-corrected chi connectivity index (χ3v) is 3.05. The largest absolute Gasteiger partial charge is 0.465 e. The number of hydrogen-bond acceptors (Lipinski definition) is 6. The van der Waals surface area contributed by atoms with Crippen LogP contribution in [0.2, 0.25) is 0 Å². The number of nitrogens with zero attached hydrogens (tertiary/aromatic N) is 3. The van der Waals surface area contributed by atoms with Crippen LogP contribution in [0, 0.1) is 5.95 Å². The SMILES string of the molecule is CCOC(=O)CSc1nc(F)cc(-c2ccccn2)n1. The number of rotatable bonds is 5. The molecule has 0 amide bonds. The average molecular weight is 293 g/mol. The van der Waals surface area contributed by atoms with Crippen molar-refractivity contribution in [2.75, 3.05) is 12.4 Å². The topological polar surface area (TPSA) is 65.0 Å². The zero-order valence-corrected chi connectivity index (χ0v) is 11.6. The summed E-state index contributed by atoms with van der Waals surface area (Å²) in [5.41, 5.74) is 0.927. The number of esters is 1. The molecule has 0 aliphatic heterocycles. The highest BCUT2D eigenvalue weighted by atomic mass is 32.2. The first kappa shape index (κ1) is 14.4. The normalized spacial score (nSPS) is 10.3. The molecule has 2 aromatic rings. The molecule has 20 heavy (non-hydrogen) atoms. The Labute approximate surface area is 119 Å². The highest BCUT2D eigenvalue weighted by molar-refractivity contribution is 7.99. The lowest BCUT2D eigenvalue weighted by Gasteiger charge is -2.04. The van der Waals surface area contributed by atoms with Gasteiger partial charge >= 0.3 is 5.97 Å². The van der Waals surface area contributed by atoms with Crippen LogP contribution in [0.4, 0.5) is 4.39 Å². The van der Waals surface area contributed by atoms with Crippen molar-refractivity contribution in [1.82, 2.24) is 15.0 Å². The molecule has 0 saturated heterocycles. The van der Waals surface area contributed by atoms with Gasteiger partial charge in [-0.25, -0.2) is 4.98 Å². The molecule has 0 unspecified atom stereocenters. The van der Waals surface area contributed by atoms with Crippen molar-refractivity contribution in [3.05, 3.63) is 36.4 Å². The van der Waals surface area contributed by atoms with Gasteiger partial charge in [-0.1, -0.05) is 17.8 Å². The Hall–Kier alpha value is -2.02. The summed E-state index contributed by atoms with van der Waals surface area (Å²) in [6.07, 6.45) is 1.60. The molecule has 2 heterocycles. The Bertz CT molecular complexity index is 595. The van der Waals surface area contributed by atoms with E-state index in [1.165, 1.54) is 6.07 Å². The quantitative estimate of drug-likeness (QED) is 0.365. The molecular weight excluding hydrogens is 281 g/mol. The zero-order chi connectivity index (χ0) is 14.4. The molecule has 0 fully saturated rings. The minimum Gasteiger partial charge on any atom is -0.465 e. The van der Waals surface area contributed by atoms with Gasteiger partial charge in [0.05, 0.1) is 23.7 Å². The van der Waals surface area contributed by atoms with Gasteiger partial charge in [-0.2, -0.15) is 9.37 Å². The van der Waals surface area contributed by atoms with Gasteiger partial charge in [-0.3, -0.25) is 9.78 Å². The first-order valence-electron chi connectivity index (χ1n) is 5.93. The van der Waals surface area contributed by atoms with Crippen molar-refractivity contribution >= 4 is 17.7 Å². The summed E-state index contributed by atoms with van der Waals surface area (Å²) in [4.78, 5) is 23.2. The molecule has 104 valence electrons. The van der Waals surface area contributed by atoms with Gasteiger partial charge in [0.2, 0.25) is 5.95 Å². The van der Waals surface area contributed by atoms with Crippen LogP contribution in [-0.2, 0) is 9.53 Å². The molecule has 7 heteroatoms. The minimum atomic E-state index is -0.660. The summed E-state index contributed by atoms with van der Waals surface area (Å²) in [6, 6.07) is 6.48. The Balaban J connectivity index is 2.15. The van der Waals surface area contributed by atoms with Gasteiger partial charge in [-0.15, -0.1) is 0 Å². The molecule has 0 N–H and O–H groups in total. The first-order valence-corrected chi connectivity index (χ1v) is 6.92. The number of thioether (sulfide) groups is 1. The lowest BCUT2D eigenvalue weighted by molar-refractivity contribution is -0.139. The Morgan fingerprint density at radius 3 is 2.90 bits per heavy atom. The summed E-state index contributed by atoms with van der Waals surface area (Å²) in [5.74, 6) is -1.00. The second-order valence-electron chi connectivity index (χ2n) is 3.67. The summed E-state index contributed by atoms with van der Waals surface area (Å²) < 4.78 is 18.3. The standard InChI is InChI=1S/C13H12FN3O2S/c1-2-19-12(18)8-20-13-16-10(7-11(14)17-13)9-5-3-4-6-15-9/h3-7H,2,8H2,1H3. The smallest absolute Gasteiger partial charge is 0.316 e. The minimum absolute atomic E-state index is 0.0406. The van der Waals surface area contributed by atoms with Gasteiger partial charge in [-0.05, 0) is 19.1 Å². The number of hydrogen-bond donors (Lipinski definition) is 0. The van der Waals surface area contributed by atoms with Crippen LogP contribution in [0.25, 0.3) is 11.4 Å². The zero-order valence-electron chi connectivity index (χ0n) is 10.7. The van der Waals surface area contributed by atoms with E-state index in [1.807, 2.05) is 0 Å². The fourth-order valence-electron chi connectivity index (χ4n) is 1.43. The van der Waals surface area contributed by atoms with Crippen molar-refractivity contribution in [2.24, 2.45) is 0 Å². The molecule has 0 spiro atoms. The molecule has 0 radical (unpaired) electrons. The van der Waals surface area contributed by atoms with E-state index in [2.05, 4.69) is 15.0 Å². The van der Waals surface area contributed by atoms with Gasteiger partial charge in [0, 0.05) is 12.3 Å². The molecule has 0 aromatic carbocycles. The maximum absolute atomic E-state index is 13.5. The predicted octanol–water partition coefficient (Wildman–Crippen LogP) is 2.33. The van der Waals surface area contributed by atoms with Crippen molar-refractivity contribution in [2.45, 2.75) is 12.1 Å². The number of pyridine rings is 1. The number of halogens is 1. The van der Waals surface area contributed by atoms with E-state index in [9.17, 15) is 9.18 Å². The fraction of sp³-hybridized carbons (Fsp3) is 0.231. The predicted molar refractivity (Wildman–Crippen MR) is 72.6 cm³/mol. The van der Waals surface area contributed by atoms with E-state index < -0.39 is 5.95 Å². The van der Waals surface area contributed by atoms with Gasteiger partial charge in [0.1, 0.15) is 0 Å². The first-order chi connectivity index (χ1) is 9.69. The lowest BCUT2D eigenvalue weighted by atomic mass is 10.2. The Morgan fingerprint density at radius 2 is 2.20 bits per heavy atom. The summed E-state index contributed by atoms with van der Waals surface area (Å²) in [7, 11) is 0. The maximum atomic E-state index is 13.5. The third-order valence-electron chi connectivity index (χ3n) is 2.23. The van der Waals surface area contributed by atoms with Crippen LogP contribution < -0.4 is 0 Å². The maximum Gasteiger partial charge on any atom is 0.316 e. The molecule has 5 nitrogen and oxygen atoms in total. The number of carbonyl (C=O) groups excluding carboxylic acids is 1. The van der Waals surface area contributed by atoms with E-state index in [-0.39, 0.29) is 16.9 Å². The Kier molecular flexibility index (Phi) is 5.00. The highest BCUT2D eigenvalue weighted by Gasteiger charge is 2.10. The van der Waals surface area contributed by atoms with E-state index in [0.717, 1.165) is 11.8 Å². The van der Waals surface area contributed by atoms with Crippen LogP contribution in [0.1, 0.15) is 6.92 Å². The van der Waals surface area contributed by atoms with Crippen molar-refractivity contribution < 1.29 is 13.9 Å². The average Bonchev–Trinajstić information content (AvgIpc) is 2.46. The monoisotopic (exact) mass is 293 g/mol. The summed E-state index contributed by atoms with van der Waals surface area (Å²) in [5, 5.41) is 0.179. The molecule has 0 saturated carbocycles. The van der Waals surface area contributed by atoms with E-state index in [1.54, 1.807) is 31.3 Å². The van der Waals surface area contributed by atoms with Crippen molar-refractivity contribution in [1.29, 1.82) is 0 Å². The molecule has 2 aromatic heterocycles. The summed E-state index contributed by atoms with van der Waals surface area (Å²) >= 11 is 1.03. The molecule has 0 aliphatic carbocycles. The fourth-order valence-corrected chi connectivity index (χ4v) is 2.08. The van der Waals surface area contributed by atoms with Gasteiger partial charge in [0.15, 0.2) is 5.16 Å². The lowest BCUT2D eigenvalue weighted by Crippen LogP contribution is -2.07. The van der Waals surface area contributed by atoms with Crippen LogP contribution >= 0.6 is 11.8 Å². The van der Waals surface area contributed by atoms with Crippen LogP contribution in [0.3, 0.4) is 0 Å². The molecule has 2 rings (SSSR count). The summed E-state index contributed by atoms with van der Waals surface area (Å²) in [6.45, 7) is 2.03. The van der Waals surface area contributed by atoms with Crippen LogP contribution in [-0.4, -0.2) is 33.3 Å². The Morgan fingerprint density at radius 1 is 1.35 bits per heavy atom. The third kappa shape index (κ3) is 3.99.